The Morgan fingerprint density at radius 1 is 1.42 bits per heavy atom. The van der Waals surface area contributed by atoms with Crippen molar-refractivity contribution < 1.29 is 18.7 Å². The highest BCUT2D eigenvalue weighted by Gasteiger charge is 2.41. The quantitative estimate of drug-likeness (QED) is 0.894. The monoisotopic (exact) mass is 352 g/mol. The molecule has 1 aromatic rings. The molecule has 1 atom stereocenters. The highest BCUT2D eigenvalue weighted by molar-refractivity contribution is 8.01. The summed E-state index contributed by atoms with van der Waals surface area (Å²) in [5.41, 5.74) is 0.514. The number of benzene rings is 1. The maximum Gasteiger partial charge on any atom is 0.246 e. The topological polar surface area (TPSA) is 58.6 Å². The van der Waals surface area contributed by atoms with Crippen molar-refractivity contribution in [1.82, 2.24) is 10.2 Å². The van der Waals surface area contributed by atoms with E-state index in [1.54, 1.807) is 23.1 Å². The Labute approximate surface area is 144 Å². The van der Waals surface area contributed by atoms with Crippen molar-refractivity contribution in [3.63, 3.8) is 0 Å². The van der Waals surface area contributed by atoms with Crippen molar-refractivity contribution >= 4 is 23.6 Å². The lowest BCUT2D eigenvalue weighted by Crippen LogP contribution is -2.63. The first-order chi connectivity index (χ1) is 11.4. The molecule has 0 aromatic heterocycles. The van der Waals surface area contributed by atoms with Crippen LogP contribution in [0.25, 0.3) is 0 Å². The van der Waals surface area contributed by atoms with Gasteiger partial charge in [0.2, 0.25) is 11.8 Å². The van der Waals surface area contributed by atoms with Crippen LogP contribution in [0.5, 0.6) is 0 Å². The zero-order chi connectivity index (χ0) is 17.3. The molecule has 130 valence electrons. The molecule has 2 heterocycles. The van der Waals surface area contributed by atoms with Crippen molar-refractivity contribution in [1.29, 1.82) is 0 Å². The fourth-order valence-corrected chi connectivity index (χ4v) is 3.63. The second-order valence-corrected chi connectivity index (χ2v) is 8.26. The van der Waals surface area contributed by atoms with Crippen LogP contribution in [-0.2, 0) is 20.9 Å². The molecule has 2 amide bonds. The van der Waals surface area contributed by atoms with Gasteiger partial charge < -0.3 is 15.0 Å². The number of hydrogen-bond donors (Lipinski definition) is 1. The minimum Gasteiger partial charge on any atom is -0.370 e. The van der Waals surface area contributed by atoms with Gasteiger partial charge in [0, 0.05) is 24.4 Å². The van der Waals surface area contributed by atoms with Crippen LogP contribution in [0.2, 0.25) is 0 Å². The number of ether oxygens (including phenoxy) is 1. The Hall–Kier alpha value is -1.60. The van der Waals surface area contributed by atoms with Crippen LogP contribution in [0, 0.1) is 5.82 Å². The number of carbonyl (C=O) groups excluding carboxylic acids is 2. The van der Waals surface area contributed by atoms with Gasteiger partial charge in [-0.2, -0.15) is 0 Å². The summed E-state index contributed by atoms with van der Waals surface area (Å²) in [7, 11) is 0. The van der Waals surface area contributed by atoms with Gasteiger partial charge in [-0.1, -0.05) is 18.2 Å². The summed E-state index contributed by atoms with van der Waals surface area (Å²) in [4.78, 5) is 26.0. The maximum absolute atomic E-state index is 13.5. The number of thioether (sulfide) groups is 1. The molecule has 1 unspecified atom stereocenters. The first-order valence-electron chi connectivity index (χ1n) is 7.95. The van der Waals surface area contributed by atoms with Crippen LogP contribution in [0.4, 0.5) is 4.39 Å². The van der Waals surface area contributed by atoms with E-state index in [0.717, 1.165) is 0 Å². The Morgan fingerprint density at radius 3 is 2.79 bits per heavy atom. The SMILES string of the molecule is CC1(C)SCC(C(=O)N2CC(OCc3ccccc3F)C2)NC1=O. The lowest BCUT2D eigenvalue weighted by molar-refractivity contribution is -0.149. The van der Waals surface area contributed by atoms with Crippen LogP contribution < -0.4 is 5.32 Å². The third kappa shape index (κ3) is 3.57. The lowest BCUT2D eigenvalue weighted by Gasteiger charge is -2.42. The summed E-state index contributed by atoms with van der Waals surface area (Å²) in [6, 6.07) is 6.03. The van der Waals surface area contributed by atoms with Gasteiger partial charge in [-0.15, -0.1) is 11.8 Å². The summed E-state index contributed by atoms with van der Waals surface area (Å²) in [5, 5.41) is 2.79. The maximum atomic E-state index is 13.5. The van der Waals surface area contributed by atoms with Crippen molar-refractivity contribution in [2.24, 2.45) is 0 Å². The van der Waals surface area contributed by atoms with Gasteiger partial charge >= 0.3 is 0 Å². The molecule has 7 heteroatoms. The smallest absolute Gasteiger partial charge is 0.246 e. The molecule has 0 aliphatic carbocycles. The van der Waals surface area contributed by atoms with Gasteiger partial charge in [0.25, 0.3) is 0 Å². The highest BCUT2D eigenvalue weighted by Crippen LogP contribution is 2.30. The Bertz CT molecular complexity index is 646. The zero-order valence-electron chi connectivity index (χ0n) is 13.8. The molecule has 2 saturated heterocycles. The van der Waals surface area contributed by atoms with E-state index in [4.69, 9.17) is 4.74 Å². The van der Waals surface area contributed by atoms with Crippen molar-refractivity contribution in [3.8, 4) is 0 Å². The second kappa shape index (κ2) is 6.72. The molecular formula is C17H21FN2O3S. The number of likely N-dealkylation sites (tertiary alicyclic amines) is 1. The highest BCUT2D eigenvalue weighted by atomic mass is 32.2. The van der Waals surface area contributed by atoms with Crippen LogP contribution in [0.15, 0.2) is 24.3 Å². The van der Waals surface area contributed by atoms with Gasteiger partial charge in [-0.25, -0.2) is 4.39 Å². The van der Waals surface area contributed by atoms with Gasteiger partial charge in [0.05, 0.1) is 17.5 Å². The molecule has 0 radical (unpaired) electrons. The number of rotatable bonds is 4. The number of carbonyl (C=O) groups is 2. The number of hydrogen-bond acceptors (Lipinski definition) is 4. The number of amides is 2. The molecule has 0 spiro atoms. The molecule has 1 aromatic carbocycles. The van der Waals surface area contributed by atoms with Crippen LogP contribution in [0.1, 0.15) is 19.4 Å². The van der Waals surface area contributed by atoms with E-state index >= 15 is 0 Å². The number of nitrogens with one attached hydrogen (secondary N) is 1. The van der Waals surface area contributed by atoms with E-state index in [0.29, 0.717) is 24.4 Å². The summed E-state index contributed by atoms with van der Waals surface area (Å²) >= 11 is 1.49. The first kappa shape index (κ1) is 17.2. The molecule has 1 N–H and O–H groups in total. The summed E-state index contributed by atoms with van der Waals surface area (Å²) < 4.78 is 18.7. The van der Waals surface area contributed by atoms with Gasteiger partial charge in [0.15, 0.2) is 0 Å². The molecule has 2 aliphatic rings. The predicted octanol–water partition coefficient (Wildman–Crippen LogP) is 1.56. The summed E-state index contributed by atoms with van der Waals surface area (Å²) in [6.45, 7) is 4.86. The molecule has 5 nitrogen and oxygen atoms in total. The number of halogens is 1. The normalized spacial score (nSPS) is 23.5. The Kier molecular flexibility index (Phi) is 4.83. The van der Waals surface area contributed by atoms with Crippen molar-refractivity contribution in [3.05, 3.63) is 35.6 Å². The second-order valence-electron chi connectivity index (χ2n) is 6.62. The Balaban J connectivity index is 1.44. The third-order valence-corrected chi connectivity index (χ3v) is 5.76. The zero-order valence-corrected chi connectivity index (χ0v) is 14.6. The van der Waals surface area contributed by atoms with E-state index in [1.807, 2.05) is 13.8 Å². The van der Waals surface area contributed by atoms with E-state index in [2.05, 4.69) is 5.32 Å². The summed E-state index contributed by atoms with van der Waals surface area (Å²) in [6.07, 6.45) is -0.0862. The Morgan fingerprint density at radius 2 is 2.12 bits per heavy atom. The largest absolute Gasteiger partial charge is 0.370 e. The van der Waals surface area contributed by atoms with E-state index < -0.39 is 10.8 Å². The van der Waals surface area contributed by atoms with Gasteiger partial charge in [-0.05, 0) is 19.9 Å². The fourth-order valence-electron chi connectivity index (χ4n) is 2.63. The molecule has 2 aliphatic heterocycles. The number of nitrogens with zero attached hydrogens (tertiary/aromatic N) is 1. The third-order valence-electron chi connectivity index (χ3n) is 4.35. The van der Waals surface area contributed by atoms with E-state index in [9.17, 15) is 14.0 Å². The minimum absolute atomic E-state index is 0.0721. The summed E-state index contributed by atoms with van der Waals surface area (Å²) in [5.74, 6) is 0.117. The average Bonchev–Trinajstić information content (AvgIpc) is 2.50. The van der Waals surface area contributed by atoms with Crippen molar-refractivity contribution in [2.45, 2.75) is 37.3 Å². The minimum atomic E-state index is -0.489. The average molecular weight is 352 g/mol. The van der Waals surface area contributed by atoms with Crippen LogP contribution in [0.3, 0.4) is 0 Å². The lowest BCUT2D eigenvalue weighted by atomic mass is 10.1. The molecule has 0 saturated carbocycles. The molecule has 0 bridgehead atoms. The molecule has 2 fully saturated rings. The standard InChI is InChI=1S/C17H21FN2O3S/c1-17(2)16(22)19-14(10-24-17)15(21)20-7-12(8-20)23-9-11-5-3-4-6-13(11)18/h3-6,12,14H,7-10H2,1-2H3,(H,19,22). The molecule has 24 heavy (non-hydrogen) atoms. The van der Waals surface area contributed by atoms with Gasteiger partial charge in [-0.3, -0.25) is 9.59 Å². The molecule has 3 rings (SSSR count). The predicted molar refractivity (Wildman–Crippen MR) is 90.0 cm³/mol. The first-order valence-corrected chi connectivity index (χ1v) is 8.94. The van der Waals surface area contributed by atoms with E-state index in [1.165, 1.54) is 17.8 Å². The van der Waals surface area contributed by atoms with Gasteiger partial charge in [0.1, 0.15) is 11.9 Å². The van der Waals surface area contributed by atoms with Crippen LogP contribution >= 0.6 is 11.8 Å². The van der Waals surface area contributed by atoms with Crippen molar-refractivity contribution in [2.75, 3.05) is 18.8 Å². The molecular weight excluding hydrogens is 331 g/mol. The van der Waals surface area contributed by atoms with E-state index in [-0.39, 0.29) is 30.3 Å². The van der Waals surface area contributed by atoms with Crippen LogP contribution in [-0.4, -0.2) is 52.4 Å². The fraction of sp³-hybridized carbons (Fsp3) is 0.529.